The molecule has 0 spiro atoms. The molecule has 0 bridgehead atoms. The molecule has 1 aromatic carbocycles. The molecule has 1 aliphatic heterocycles. The molecule has 25 heavy (non-hydrogen) atoms. The van der Waals surface area contributed by atoms with Crippen LogP contribution in [-0.2, 0) is 0 Å². The lowest BCUT2D eigenvalue weighted by Gasteiger charge is -2.47. The van der Waals surface area contributed by atoms with Crippen molar-refractivity contribution in [1.29, 1.82) is 0 Å². The third-order valence-corrected chi connectivity index (χ3v) is 4.82. The van der Waals surface area contributed by atoms with Crippen molar-refractivity contribution >= 4 is 10.9 Å². The van der Waals surface area contributed by atoms with Gasteiger partial charge in [0.2, 0.25) is 0 Å². The van der Waals surface area contributed by atoms with E-state index in [1.165, 1.54) is 0 Å². The standard InChI is InChI=1S/C20H31N3O2/c1-19(2)10-14(11-20(3,4)23-19)22-12-15(24)13-25-18-7-5-6-17-16(18)8-9-21-17/h5-9,14-15,21-24H,10-13H2,1-4H3/t15-/m0/s1. The maximum atomic E-state index is 10.3. The number of benzene rings is 1. The Hall–Kier alpha value is -1.56. The molecule has 5 nitrogen and oxygen atoms in total. The van der Waals surface area contributed by atoms with Crippen molar-refractivity contribution in [2.24, 2.45) is 0 Å². The Bertz CT molecular complexity index is 692. The van der Waals surface area contributed by atoms with Crippen LogP contribution in [0, 0.1) is 0 Å². The van der Waals surface area contributed by atoms with Gasteiger partial charge in [0.1, 0.15) is 18.5 Å². The summed E-state index contributed by atoms with van der Waals surface area (Å²) in [4.78, 5) is 3.17. The zero-order valence-electron chi connectivity index (χ0n) is 15.7. The fraction of sp³-hybridized carbons (Fsp3) is 0.600. The number of piperidine rings is 1. The van der Waals surface area contributed by atoms with Crippen LogP contribution in [-0.4, -0.2) is 46.5 Å². The molecule has 0 unspecified atom stereocenters. The average Bonchev–Trinajstić information content (AvgIpc) is 2.97. The van der Waals surface area contributed by atoms with Crippen LogP contribution in [0.15, 0.2) is 30.5 Å². The number of H-pyrrole nitrogens is 1. The van der Waals surface area contributed by atoms with Crippen molar-refractivity contribution in [3.8, 4) is 5.75 Å². The van der Waals surface area contributed by atoms with E-state index >= 15 is 0 Å². The molecule has 0 saturated carbocycles. The van der Waals surface area contributed by atoms with Crippen LogP contribution in [0.5, 0.6) is 5.75 Å². The Morgan fingerprint density at radius 2 is 1.92 bits per heavy atom. The molecular formula is C20H31N3O2. The molecule has 0 amide bonds. The van der Waals surface area contributed by atoms with Crippen molar-refractivity contribution in [1.82, 2.24) is 15.6 Å². The second-order valence-electron chi connectivity index (χ2n) is 8.57. The number of aromatic nitrogens is 1. The largest absolute Gasteiger partial charge is 0.490 e. The van der Waals surface area contributed by atoms with Gasteiger partial charge in [-0.05, 0) is 58.7 Å². The molecular weight excluding hydrogens is 314 g/mol. The molecule has 5 heteroatoms. The number of nitrogens with one attached hydrogen (secondary N) is 3. The highest BCUT2D eigenvalue weighted by atomic mass is 16.5. The van der Waals surface area contributed by atoms with Gasteiger partial charge in [-0.3, -0.25) is 0 Å². The van der Waals surface area contributed by atoms with Crippen molar-refractivity contribution in [3.63, 3.8) is 0 Å². The number of hydrogen-bond acceptors (Lipinski definition) is 4. The van der Waals surface area contributed by atoms with Gasteiger partial charge in [0, 0.05) is 40.8 Å². The zero-order chi connectivity index (χ0) is 18.1. The molecule has 138 valence electrons. The fourth-order valence-corrected chi connectivity index (χ4v) is 4.20. The van der Waals surface area contributed by atoms with Crippen LogP contribution in [0.1, 0.15) is 40.5 Å². The predicted octanol–water partition coefficient (Wildman–Crippen LogP) is 2.81. The van der Waals surface area contributed by atoms with Crippen molar-refractivity contribution < 1.29 is 9.84 Å². The molecule has 0 aliphatic carbocycles. The quantitative estimate of drug-likeness (QED) is 0.650. The first kappa shape index (κ1) is 18.2. The second kappa shape index (κ2) is 6.98. The van der Waals surface area contributed by atoms with Gasteiger partial charge in [0.15, 0.2) is 0 Å². The molecule has 2 aromatic rings. The minimum absolute atomic E-state index is 0.102. The first-order valence-corrected chi connectivity index (χ1v) is 9.14. The van der Waals surface area contributed by atoms with Gasteiger partial charge in [0.25, 0.3) is 0 Å². The third kappa shape index (κ3) is 4.75. The SMILES string of the molecule is CC1(C)CC(NC[C@H](O)COc2cccc3[nH]ccc23)CC(C)(C)N1. The zero-order valence-corrected chi connectivity index (χ0v) is 15.7. The highest BCUT2D eigenvalue weighted by molar-refractivity contribution is 5.85. The Morgan fingerprint density at radius 1 is 1.20 bits per heavy atom. The highest BCUT2D eigenvalue weighted by Crippen LogP contribution is 2.28. The van der Waals surface area contributed by atoms with Crippen LogP contribution < -0.4 is 15.4 Å². The number of aliphatic hydroxyl groups is 1. The first-order valence-electron chi connectivity index (χ1n) is 9.14. The van der Waals surface area contributed by atoms with E-state index in [0.29, 0.717) is 12.6 Å². The lowest BCUT2D eigenvalue weighted by Crippen LogP contribution is -2.62. The van der Waals surface area contributed by atoms with Gasteiger partial charge in [-0.25, -0.2) is 0 Å². The second-order valence-corrected chi connectivity index (χ2v) is 8.57. The van der Waals surface area contributed by atoms with E-state index in [1.54, 1.807) is 0 Å². The Kier molecular flexibility index (Phi) is 5.09. The summed E-state index contributed by atoms with van der Waals surface area (Å²) < 4.78 is 5.84. The number of aliphatic hydroxyl groups excluding tert-OH is 1. The molecule has 2 heterocycles. The van der Waals surface area contributed by atoms with Gasteiger partial charge in [-0.15, -0.1) is 0 Å². The summed E-state index contributed by atoms with van der Waals surface area (Å²) in [5, 5.41) is 18.6. The molecule has 1 saturated heterocycles. The predicted molar refractivity (Wildman–Crippen MR) is 102 cm³/mol. The molecule has 1 fully saturated rings. The number of rotatable bonds is 6. The topological polar surface area (TPSA) is 69.3 Å². The number of aromatic amines is 1. The minimum atomic E-state index is -0.532. The molecule has 4 N–H and O–H groups in total. The Morgan fingerprint density at radius 3 is 2.64 bits per heavy atom. The summed E-state index contributed by atoms with van der Waals surface area (Å²) in [7, 11) is 0. The first-order chi connectivity index (χ1) is 11.7. The summed E-state index contributed by atoms with van der Waals surface area (Å²) in [6, 6.07) is 8.30. The van der Waals surface area contributed by atoms with Gasteiger partial charge in [-0.2, -0.15) is 0 Å². The molecule has 0 radical (unpaired) electrons. The molecule has 1 atom stereocenters. The maximum absolute atomic E-state index is 10.3. The summed E-state index contributed by atoms with van der Waals surface area (Å²) in [6.45, 7) is 9.77. The van der Waals surface area contributed by atoms with Crippen molar-refractivity contribution in [2.45, 2.75) is 63.8 Å². The lowest BCUT2D eigenvalue weighted by molar-refractivity contribution is 0.0907. The Balaban J connectivity index is 1.50. The summed E-state index contributed by atoms with van der Waals surface area (Å²) in [5.41, 5.74) is 1.25. The number of hydrogen-bond donors (Lipinski definition) is 4. The minimum Gasteiger partial charge on any atom is -0.490 e. The van der Waals surface area contributed by atoms with E-state index < -0.39 is 6.10 Å². The maximum Gasteiger partial charge on any atom is 0.128 e. The van der Waals surface area contributed by atoms with Crippen molar-refractivity contribution in [3.05, 3.63) is 30.5 Å². The van der Waals surface area contributed by atoms with Gasteiger partial charge >= 0.3 is 0 Å². The fourth-order valence-electron chi connectivity index (χ4n) is 4.20. The lowest BCUT2D eigenvalue weighted by atomic mass is 9.79. The summed E-state index contributed by atoms with van der Waals surface area (Å²) in [6.07, 6.45) is 3.46. The van der Waals surface area contributed by atoms with Crippen LogP contribution >= 0.6 is 0 Å². The van der Waals surface area contributed by atoms with E-state index in [9.17, 15) is 5.11 Å². The monoisotopic (exact) mass is 345 g/mol. The third-order valence-electron chi connectivity index (χ3n) is 4.82. The van der Waals surface area contributed by atoms with Crippen LogP contribution in [0.25, 0.3) is 10.9 Å². The summed E-state index contributed by atoms with van der Waals surface area (Å²) in [5.74, 6) is 0.807. The van der Waals surface area contributed by atoms with Gasteiger partial charge in [-0.1, -0.05) is 6.07 Å². The van der Waals surface area contributed by atoms with Gasteiger partial charge in [0.05, 0.1) is 0 Å². The van der Waals surface area contributed by atoms with Crippen molar-refractivity contribution in [2.75, 3.05) is 13.2 Å². The smallest absolute Gasteiger partial charge is 0.128 e. The highest BCUT2D eigenvalue weighted by Gasteiger charge is 2.37. The van der Waals surface area contributed by atoms with Crippen LogP contribution in [0.3, 0.4) is 0 Å². The number of ether oxygens (including phenoxy) is 1. The van der Waals surface area contributed by atoms with E-state index in [2.05, 4.69) is 43.3 Å². The Labute approximate surface area is 150 Å². The van der Waals surface area contributed by atoms with E-state index in [0.717, 1.165) is 29.5 Å². The molecule has 1 aliphatic rings. The van der Waals surface area contributed by atoms with Gasteiger partial charge < -0.3 is 25.5 Å². The van der Waals surface area contributed by atoms with E-state index in [-0.39, 0.29) is 17.7 Å². The average molecular weight is 345 g/mol. The molecule has 3 rings (SSSR count). The molecule has 1 aromatic heterocycles. The normalized spacial score (nSPS) is 21.3. The van der Waals surface area contributed by atoms with E-state index in [4.69, 9.17) is 4.74 Å². The van der Waals surface area contributed by atoms with Crippen LogP contribution in [0.4, 0.5) is 0 Å². The van der Waals surface area contributed by atoms with E-state index in [1.807, 2.05) is 30.5 Å². The van der Waals surface area contributed by atoms with Crippen LogP contribution in [0.2, 0.25) is 0 Å². The number of fused-ring (bicyclic) bond motifs is 1. The summed E-state index contributed by atoms with van der Waals surface area (Å²) >= 11 is 0.